The topological polar surface area (TPSA) is 51.2 Å². The second-order valence-electron chi connectivity index (χ2n) is 7.52. The Morgan fingerprint density at radius 2 is 1.93 bits per heavy atom. The molecule has 1 aromatic carbocycles. The van der Waals surface area contributed by atoms with E-state index in [-0.39, 0.29) is 42.5 Å². The Balaban J connectivity index is 0.00000280. The van der Waals surface area contributed by atoms with Gasteiger partial charge in [0.15, 0.2) is 5.96 Å². The molecule has 0 bridgehead atoms. The molecule has 2 aliphatic rings. The van der Waals surface area contributed by atoms with Gasteiger partial charge in [0.1, 0.15) is 6.54 Å². The highest BCUT2D eigenvalue weighted by Gasteiger charge is 2.30. The molecule has 1 N–H and O–H groups in total. The van der Waals surface area contributed by atoms with Crippen molar-refractivity contribution in [1.82, 2.24) is 20.0 Å². The molecule has 3 rings (SSSR count). The third kappa shape index (κ3) is 5.94. The second-order valence-corrected chi connectivity index (χ2v) is 7.52. The predicted octanol–water partition coefficient (Wildman–Crippen LogP) is 2.35. The number of carbonyl (C=O) groups excluding carboxylic acids is 1. The predicted molar refractivity (Wildman–Crippen MR) is 125 cm³/mol. The van der Waals surface area contributed by atoms with Gasteiger partial charge in [0.2, 0.25) is 5.91 Å². The average Bonchev–Trinajstić information content (AvgIpc) is 3.36. The minimum atomic E-state index is 0. The molecule has 1 saturated heterocycles. The number of amides is 1. The zero-order chi connectivity index (χ0) is 19.2. The van der Waals surface area contributed by atoms with Crippen molar-refractivity contribution in [2.45, 2.75) is 25.4 Å². The summed E-state index contributed by atoms with van der Waals surface area (Å²) in [5.41, 5.74) is 1.21. The molecule has 2 aliphatic heterocycles. The number of halogens is 1. The lowest BCUT2D eigenvalue weighted by Crippen LogP contribution is -2.44. The third-order valence-electron chi connectivity index (χ3n) is 5.33. The van der Waals surface area contributed by atoms with E-state index in [1.807, 2.05) is 18.2 Å². The molecular weight excluding hydrogens is 465 g/mol. The van der Waals surface area contributed by atoms with Crippen LogP contribution in [0.4, 0.5) is 0 Å². The Bertz CT molecular complexity index is 683. The highest BCUT2D eigenvalue weighted by atomic mass is 127. The molecule has 0 radical (unpaired) electrons. The van der Waals surface area contributed by atoms with Crippen LogP contribution in [0.1, 0.15) is 24.9 Å². The SMILES string of the molecule is CC(NC(=NCC(=O)N(C)C)N1CCC(N2CC=CC2)C1)c1ccccc1.I. The molecule has 154 valence electrons. The highest BCUT2D eigenvalue weighted by Crippen LogP contribution is 2.19. The number of hydrogen-bond donors (Lipinski definition) is 1. The smallest absolute Gasteiger partial charge is 0.243 e. The lowest BCUT2D eigenvalue weighted by Gasteiger charge is -2.27. The van der Waals surface area contributed by atoms with Crippen molar-refractivity contribution >= 4 is 35.8 Å². The summed E-state index contributed by atoms with van der Waals surface area (Å²) in [6.45, 7) is 6.30. The Labute approximate surface area is 185 Å². The summed E-state index contributed by atoms with van der Waals surface area (Å²) in [5, 5.41) is 3.55. The van der Waals surface area contributed by atoms with E-state index in [1.54, 1.807) is 19.0 Å². The van der Waals surface area contributed by atoms with Crippen molar-refractivity contribution in [1.29, 1.82) is 0 Å². The van der Waals surface area contributed by atoms with Crippen LogP contribution >= 0.6 is 24.0 Å². The number of carbonyl (C=O) groups is 1. The van der Waals surface area contributed by atoms with Gasteiger partial charge in [-0.15, -0.1) is 24.0 Å². The molecule has 2 atom stereocenters. The van der Waals surface area contributed by atoms with Gasteiger partial charge in [0.25, 0.3) is 0 Å². The first-order valence-electron chi connectivity index (χ1n) is 9.74. The summed E-state index contributed by atoms with van der Waals surface area (Å²) in [4.78, 5) is 23.1. The zero-order valence-corrected chi connectivity index (χ0v) is 19.4. The number of aliphatic imine (C=N–C) groups is 1. The Morgan fingerprint density at radius 1 is 1.25 bits per heavy atom. The van der Waals surface area contributed by atoms with Gasteiger partial charge in [0, 0.05) is 46.3 Å². The van der Waals surface area contributed by atoms with Crippen LogP contribution in [0.2, 0.25) is 0 Å². The zero-order valence-electron chi connectivity index (χ0n) is 17.0. The van der Waals surface area contributed by atoms with Crippen molar-refractivity contribution in [3.63, 3.8) is 0 Å². The van der Waals surface area contributed by atoms with Crippen molar-refractivity contribution in [3.8, 4) is 0 Å². The van der Waals surface area contributed by atoms with Gasteiger partial charge in [0.05, 0.1) is 6.04 Å². The van der Waals surface area contributed by atoms with Crippen LogP contribution in [0.5, 0.6) is 0 Å². The van der Waals surface area contributed by atoms with E-state index < -0.39 is 0 Å². The van der Waals surface area contributed by atoms with Crippen LogP contribution < -0.4 is 5.32 Å². The largest absolute Gasteiger partial charge is 0.350 e. The summed E-state index contributed by atoms with van der Waals surface area (Å²) in [5.74, 6) is 0.845. The number of benzene rings is 1. The molecule has 0 saturated carbocycles. The van der Waals surface area contributed by atoms with Crippen LogP contribution in [0.25, 0.3) is 0 Å². The number of nitrogens with zero attached hydrogens (tertiary/aromatic N) is 4. The lowest BCUT2D eigenvalue weighted by molar-refractivity contribution is -0.127. The summed E-state index contributed by atoms with van der Waals surface area (Å²) >= 11 is 0. The van der Waals surface area contributed by atoms with Crippen LogP contribution in [0.3, 0.4) is 0 Å². The first kappa shape index (κ1) is 22.7. The molecule has 7 heteroatoms. The van der Waals surface area contributed by atoms with Crippen LogP contribution in [-0.2, 0) is 4.79 Å². The molecule has 2 heterocycles. The first-order chi connectivity index (χ1) is 13.0. The fraction of sp³-hybridized carbons (Fsp3) is 0.524. The van der Waals surface area contributed by atoms with Gasteiger partial charge >= 0.3 is 0 Å². The van der Waals surface area contributed by atoms with Gasteiger partial charge < -0.3 is 15.1 Å². The molecule has 1 aromatic rings. The van der Waals surface area contributed by atoms with Crippen LogP contribution in [0, 0.1) is 0 Å². The molecule has 1 amide bonds. The average molecular weight is 497 g/mol. The summed E-state index contributed by atoms with van der Waals surface area (Å²) < 4.78 is 0. The maximum Gasteiger partial charge on any atom is 0.243 e. The maximum atomic E-state index is 12.0. The first-order valence-corrected chi connectivity index (χ1v) is 9.74. The fourth-order valence-electron chi connectivity index (χ4n) is 3.56. The number of guanidine groups is 1. The van der Waals surface area contributed by atoms with Crippen LogP contribution in [0.15, 0.2) is 47.5 Å². The van der Waals surface area contributed by atoms with Crippen molar-refractivity contribution in [2.75, 3.05) is 46.8 Å². The van der Waals surface area contributed by atoms with Gasteiger partial charge in [-0.2, -0.15) is 0 Å². The minimum absolute atomic E-state index is 0. The summed E-state index contributed by atoms with van der Waals surface area (Å²) in [7, 11) is 3.54. The second kappa shape index (κ2) is 10.8. The van der Waals surface area contributed by atoms with Crippen molar-refractivity contribution < 1.29 is 4.79 Å². The van der Waals surface area contributed by atoms with E-state index in [4.69, 9.17) is 0 Å². The Morgan fingerprint density at radius 3 is 2.57 bits per heavy atom. The summed E-state index contributed by atoms with van der Waals surface area (Å²) in [6.07, 6.45) is 5.61. The quantitative estimate of drug-likeness (QED) is 0.294. The van der Waals surface area contributed by atoms with E-state index >= 15 is 0 Å². The van der Waals surface area contributed by atoms with Crippen molar-refractivity contribution in [3.05, 3.63) is 48.0 Å². The molecule has 28 heavy (non-hydrogen) atoms. The highest BCUT2D eigenvalue weighted by molar-refractivity contribution is 14.0. The number of likely N-dealkylation sites (tertiary alicyclic amines) is 1. The molecule has 0 spiro atoms. The van der Waals surface area contributed by atoms with Gasteiger partial charge in [-0.1, -0.05) is 42.5 Å². The fourth-order valence-corrected chi connectivity index (χ4v) is 3.56. The molecular formula is C21H32IN5O. The number of likely N-dealkylation sites (N-methyl/N-ethyl adjacent to an activating group) is 1. The Hall–Kier alpha value is -1.61. The van der Waals surface area contributed by atoms with Gasteiger partial charge in [-0.25, -0.2) is 4.99 Å². The number of nitrogens with one attached hydrogen (secondary N) is 1. The number of rotatable bonds is 5. The van der Waals surface area contributed by atoms with Crippen molar-refractivity contribution in [2.24, 2.45) is 4.99 Å². The van der Waals surface area contributed by atoms with E-state index in [9.17, 15) is 4.79 Å². The number of hydrogen-bond acceptors (Lipinski definition) is 3. The van der Waals surface area contributed by atoms with Gasteiger partial charge in [-0.05, 0) is 18.9 Å². The Kier molecular flexibility index (Phi) is 8.75. The van der Waals surface area contributed by atoms with Gasteiger partial charge in [-0.3, -0.25) is 9.69 Å². The molecule has 0 aliphatic carbocycles. The molecule has 1 fully saturated rings. The van der Waals surface area contributed by atoms with E-state index in [2.05, 4.69) is 51.3 Å². The van der Waals surface area contributed by atoms with E-state index in [1.165, 1.54) is 5.56 Å². The standard InChI is InChI=1S/C21H31N5O.HI/c1-17(18-9-5-4-6-10-18)23-21(22-15-20(27)24(2)3)26-14-11-19(16-26)25-12-7-8-13-25;/h4-10,17,19H,11-16H2,1-3H3,(H,22,23);1H. The molecule has 0 aromatic heterocycles. The monoisotopic (exact) mass is 497 g/mol. The normalized spacial score (nSPS) is 20.8. The lowest BCUT2D eigenvalue weighted by atomic mass is 10.1. The maximum absolute atomic E-state index is 12.0. The summed E-state index contributed by atoms with van der Waals surface area (Å²) in [6, 6.07) is 11.0. The van der Waals surface area contributed by atoms with Crippen LogP contribution in [-0.4, -0.2) is 79.4 Å². The minimum Gasteiger partial charge on any atom is -0.350 e. The van der Waals surface area contributed by atoms with E-state index in [0.29, 0.717) is 6.04 Å². The molecule has 2 unspecified atom stereocenters. The van der Waals surface area contributed by atoms with E-state index in [0.717, 1.165) is 38.6 Å². The molecule has 6 nitrogen and oxygen atoms in total. The third-order valence-corrected chi connectivity index (χ3v) is 5.33.